The molecule has 0 aliphatic carbocycles. The summed E-state index contributed by atoms with van der Waals surface area (Å²) in [6.07, 6.45) is 0. The molecule has 0 atom stereocenters. The minimum absolute atomic E-state index is 0. The fourth-order valence-corrected chi connectivity index (χ4v) is 2.17. The van der Waals surface area contributed by atoms with Crippen molar-refractivity contribution in [3.63, 3.8) is 0 Å². The first-order valence-corrected chi connectivity index (χ1v) is 4.55. The van der Waals surface area contributed by atoms with Gasteiger partial charge in [0.05, 0.1) is 0 Å². The molecule has 0 aliphatic rings. The van der Waals surface area contributed by atoms with Crippen molar-refractivity contribution in [3.05, 3.63) is 35.0 Å². The zero-order valence-corrected chi connectivity index (χ0v) is 8.42. The fourth-order valence-electron chi connectivity index (χ4n) is 1.21. The van der Waals surface area contributed by atoms with E-state index in [9.17, 15) is 4.39 Å². The van der Waals surface area contributed by atoms with E-state index in [0.29, 0.717) is 6.54 Å². The molecule has 4 heteroatoms. The highest BCUT2D eigenvalue weighted by atomic mass is 35.5. The molecule has 0 saturated heterocycles. The molecule has 1 aromatic heterocycles. The van der Waals surface area contributed by atoms with Gasteiger partial charge < -0.3 is 5.73 Å². The second-order valence-corrected chi connectivity index (χ2v) is 3.52. The summed E-state index contributed by atoms with van der Waals surface area (Å²) >= 11 is 1.60. The molecule has 0 fully saturated rings. The van der Waals surface area contributed by atoms with Crippen molar-refractivity contribution >= 4 is 33.8 Å². The van der Waals surface area contributed by atoms with Gasteiger partial charge >= 0.3 is 0 Å². The average Bonchev–Trinajstić information content (AvgIpc) is 2.46. The van der Waals surface area contributed by atoms with Crippen LogP contribution in [0.1, 0.15) is 5.56 Å². The summed E-state index contributed by atoms with van der Waals surface area (Å²) in [5.74, 6) is -0.199. The van der Waals surface area contributed by atoms with E-state index in [4.69, 9.17) is 5.73 Å². The van der Waals surface area contributed by atoms with Gasteiger partial charge in [0, 0.05) is 11.2 Å². The van der Waals surface area contributed by atoms with Crippen molar-refractivity contribution in [2.75, 3.05) is 0 Å². The minimum Gasteiger partial charge on any atom is -0.326 e. The number of thiophene rings is 1. The molecule has 1 heterocycles. The largest absolute Gasteiger partial charge is 0.326 e. The summed E-state index contributed by atoms with van der Waals surface area (Å²) in [4.78, 5) is 0. The third-order valence-electron chi connectivity index (χ3n) is 1.84. The SMILES string of the molecule is Cl.NCc1csc2ccc(F)cc12. The number of nitrogens with two attached hydrogens (primary N) is 1. The van der Waals surface area contributed by atoms with Crippen molar-refractivity contribution in [1.82, 2.24) is 0 Å². The van der Waals surface area contributed by atoms with E-state index in [1.54, 1.807) is 17.4 Å². The van der Waals surface area contributed by atoms with Crippen molar-refractivity contribution < 1.29 is 4.39 Å². The summed E-state index contributed by atoms with van der Waals surface area (Å²) in [5, 5.41) is 2.92. The Labute approximate surface area is 85.8 Å². The number of benzene rings is 1. The average molecular weight is 218 g/mol. The van der Waals surface area contributed by atoms with Crippen LogP contribution in [0.25, 0.3) is 10.1 Å². The van der Waals surface area contributed by atoms with Crippen LogP contribution in [0.2, 0.25) is 0 Å². The molecule has 2 rings (SSSR count). The number of hydrogen-bond acceptors (Lipinski definition) is 2. The molecule has 2 N–H and O–H groups in total. The van der Waals surface area contributed by atoms with Crippen molar-refractivity contribution in [2.24, 2.45) is 5.73 Å². The van der Waals surface area contributed by atoms with Gasteiger partial charge in [-0.3, -0.25) is 0 Å². The summed E-state index contributed by atoms with van der Waals surface area (Å²) in [6.45, 7) is 0.476. The maximum absolute atomic E-state index is 12.8. The van der Waals surface area contributed by atoms with E-state index >= 15 is 0 Å². The van der Waals surface area contributed by atoms with E-state index in [0.717, 1.165) is 15.6 Å². The molecular weight excluding hydrogens is 209 g/mol. The Hall–Kier alpha value is -0.640. The molecule has 0 aliphatic heterocycles. The van der Waals surface area contributed by atoms with E-state index < -0.39 is 0 Å². The van der Waals surface area contributed by atoms with Gasteiger partial charge in [0.25, 0.3) is 0 Å². The van der Waals surface area contributed by atoms with E-state index in [1.807, 2.05) is 5.38 Å². The van der Waals surface area contributed by atoms with Gasteiger partial charge in [0.2, 0.25) is 0 Å². The van der Waals surface area contributed by atoms with Crippen LogP contribution >= 0.6 is 23.7 Å². The molecule has 70 valence electrons. The summed E-state index contributed by atoms with van der Waals surface area (Å²) < 4.78 is 13.9. The van der Waals surface area contributed by atoms with Gasteiger partial charge in [-0.15, -0.1) is 23.7 Å². The summed E-state index contributed by atoms with van der Waals surface area (Å²) in [5.41, 5.74) is 6.52. The van der Waals surface area contributed by atoms with Gasteiger partial charge in [-0.25, -0.2) is 4.39 Å². The van der Waals surface area contributed by atoms with Gasteiger partial charge in [-0.05, 0) is 34.5 Å². The monoisotopic (exact) mass is 217 g/mol. The summed E-state index contributed by atoms with van der Waals surface area (Å²) in [6, 6.07) is 4.79. The Morgan fingerprint density at radius 2 is 2.15 bits per heavy atom. The molecule has 2 aromatic rings. The molecule has 0 radical (unpaired) electrons. The van der Waals surface area contributed by atoms with Crippen LogP contribution in [0.15, 0.2) is 23.6 Å². The number of fused-ring (bicyclic) bond motifs is 1. The Morgan fingerprint density at radius 1 is 1.38 bits per heavy atom. The predicted molar refractivity (Wildman–Crippen MR) is 56.9 cm³/mol. The van der Waals surface area contributed by atoms with Crippen molar-refractivity contribution in [2.45, 2.75) is 6.54 Å². The van der Waals surface area contributed by atoms with Crippen LogP contribution in [0, 0.1) is 5.82 Å². The molecule has 0 spiro atoms. The third-order valence-corrected chi connectivity index (χ3v) is 2.85. The first kappa shape index (κ1) is 10.4. The van der Waals surface area contributed by atoms with Crippen LogP contribution < -0.4 is 5.73 Å². The molecule has 0 bridgehead atoms. The lowest BCUT2D eigenvalue weighted by Gasteiger charge is -1.93. The lowest BCUT2D eigenvalue weighted by Crippen LogP contribution is -1.93. The van der Waals surface area contributed by atoms with Crippen LogP contribution in [0.4, 0.5) is 4.39 Å². The first-order chi connectivity index (χ1) is 5.81. The molecule has 0 amide bonds. The molecule has 1 nitrogen and oxygen atoms in total. The number of hydrogen-bond donors (Lipinski definition) is 1. The number of halogens is 2. The van der Waals surface area contributed by atoms with Crippen LogP contribution in [-0.2, 0) is 6.54 Å². The van der Waals surface area contributed by atoms with Crippen LogP contribution in [-0.4, -0.2) is 0 Å². The normalized spacial score (nSPS) is 10.0. The smallest absolute Gasteiger partial charge is 0.123 e. The lowest BCUT2D eigenvalue weighted by atomic mass is 10.2. The van der Waals surface area contributed by atoms with Crippen molar-refractivity contribution in [1.29, 1.82) is 0 Å². The van der Waals surface area contributed by atoms with Crippen LogP contribution in [0.5, 0.6) is 0 Å². The fraction of sp³-hybridized carbons (Fsp3) is 0.111. The van der Waals surface area contributed by atoms with E-state index in [1.165, 1.54) is 12.1 Å². The Balaban J connectivity index is 0.000000845. The maximum Gasteiger partial charge on any atom is 0.123 e. The third kappa shape index (κ3) is 1.82. The highest BCUT2D eigenvalue weighted by Gasteiger charge is 2.02. The standard InChI is InChI=1S/C9H8FNS.ClH/c10-7-1-2-9-8(3-7)6(4-11)5-12-9;/h1-3,5H,4,11H2;1H. The molecule has 0 saturated carbocycles. The van der Waals surface area contributed by atoms with Gasteiger partial charge in [-0.2, -0.15) is 0 Å². The van der Waals surface area contributed by atoms with Gasteiger partial charge in [-0.1, -0.05) is 0 Å². The quantitative estimate of drug-likeness (QED) is 0.781. The second-order valence-electron chi connectivity index (χ2n) is 2.61. The number of rotatable bonds is 1. The Morgan fingerprint density at radius 3 is 2.85 bits per heavy atom. The highest BCUT2D eigenvalue weighted by molar-refractivity contribution is 7.17. The second kappa shape index (κ2) is 4.05. The van der Waals surface area contributed by atoms with Crippen molar-refractivity contribution in [3.8, 4) is 0 Å². The topological polar surface area (TPSA) is 26.0 Å². The highest BCUT2D eigenvalue weighted by Crippen LogP contribution is 2.25. The Bertz CT molecular complexity index is 413. The Kier molecular flexibility index (Phi) is 3.25. The first-order valence-electron chi connectivity index (χ1n) is 3.67. The van der Waals surface area contributed by atoms with E-state index in [-0.39, 0.29) is 18.2 Å². The predicted octanol–water partition coefficient (Wildman–Crippen LogP) is 2.92. The maximum atomic E-state index is 12.8. The molecule has 13 heavy (non-hydrogen) atoms. The van der Waals surface area contributed by atoms with Crippen LogP contribution in [0.3, 0.4) is 0 Å². The van der Waals surface area contributed by atoms with Gasteiger partial charge in [0.1, 0.15) is 5.82 Å². The molecule has 1 aromatic carbocycles. The minimum atomic E-state index is -0.199. The zero-order valence-electron chi connectivity index (χ0n) is 6.79. The van der Waals surface area contributed by atoms with E-state index in [2.05, 4.69) is 0 Å². The molecular formula is C9H9ClFNS. The molecule has 0 unspecified atom stereocenters. The van der Waals surface area contributed by atoms with Gasteiger partial charge in [0.15, 0.2) is 0 Å². The zero-order chi connectivity index (χ0) is 8.55. The summed E-state index contributed by atoms with van der Waals surface area (Å²) in [7, 11) is 0. The lowest BCUT2D eigenvalue weighted by molar-refractivity contribution is 0.629.